The molecule has 1 aliphatic rings. The van der Waals surface area contributed by atoms with E-state index in [1.165, 1.54) is 12.1 Å². The van der Waals surface area contributed by atoms with Gasteiger partial charge in [-0.1, -0.05) is 6.92 Å². The van der Waals surface area contributed by atoms with Crippen LogP contribution in [0, 0.1) is 5.92 Å². The van der Waals surface area contributed by atoms with Crippen LogP contribution in [0.4, 0.5) is 5.82 Å². The third-order valence-corrected chi connectivity index (χ3v) is 4.61. The minimum Gasteiger partial charge on any atom is -0.497 e. The van der Waals surface area contributed by atoms with Gasteiger partial charge in [-0.25, -0.2) is 9.97 Å². The van der Waals surface area contributed by atoms with Crippen LogP contribution < -0.4 is 19.5 Å². The monoisotopic (exact) mass is 333 g/mol. The van der Waals surface area contributed by atoms with E-state index in [0.717, 1.165) is 60.8 Å². The van der Waals surface area contributed by atoms with Crippen molar-refractivity contribution in [3.63, 3.8) is 0 Å². The highest BCUT2D eigenvalue weighted by molar-refractivity contribution is 7.95. The Kier molecular flexibility index (Phi) is 5.20. The molecule has 3 rings (SSSR count). The van der Waals surface area contributed by atoms with Gasteiger partial charge in [-0.3, -0.25) is 9.86 Å². The van der Waals surface area contributed by atoms with Gasteiger partial charge in [-0.15, -0.1) is 0 Å². The van der Waals surface area contributed by atoms with Crippen LogP contribution in [-0.2, 0) is 6.42 Å². The van der Waals surface area contributed by atoms with Gasteiger partial charge in [0.25, 0.3) is 0 Å². The number of anilines is 1. The second-order valence-electron chi connectivity index (χ2n) is 5.77. The first-order valence-corrected chi connectivity index (χ1v) is 8.81. The number of hydrogen-bond donors (Lipinski definition) is 2. The van der Waals surface area contributed by atoms with Gasteiger partial charge in [0.2, 0.25) is 0 Å². The lowest BCUT2D eigenvalue weighted by molar-refractivity contribution is 0.384. The SMILES string of the molecule is CCc1nc(N2CC(CCNSN)C2)c2ccc(OC)cc2n1. The van der Waals surface area contributed by atoms with Gasteiger partial charge in [-0.05, 0) is 24.5 Å². The molecular formula is C16H23N5OS. The maximum Gasteiger partial charge on any atom is 0.140 e. The number of aromatic nitrogens is 2. The molecule has 0 radical (unpaired) electrons. The standard InChI is InChI=1S/C16H23N5OS/c1-3-15-19-14-8-12(22-2)4-5-13(14)16(20-15)21-9-11(10-21)6-7-18-23-17/h4-5,8,11,18H,3,6-7,9-10,17H2,1-2H3. The van der Waals surface area contributed by atoms with Gasteiger partial charge in [0.1, 0.15) is 17.4 Å². The van der Waals surface area contributed by atoms with Crippen molar-refractivity contribution >= 4 is 28.9 Å². The third kappa shape index (κ3) is 3.52. The molecule has 2 aromatic rings. The highest BCUT2D eigenvalue weighted by Gasteiger charge is 2.29. The zero-order chi connectivity index (χ0) is 16.2. The van der Waals surface area contributed by atoms with Crippen LogP contribution in [-0.4, -0.2) is 36.7 Å². The molecule has 1 aromatic heterocycles. The number of hydrogen-bond acceptors (Lipinski definition) is 7. The molecule has 2 heterocycles. The van der Waals surface area contributed by atoms with Crippen LogP contribution in [0.5, 0.6) is 5.75 Å². The van der Waals surface area contributed by atoms with Crippen LogP contribution in [0.25, 0.3) is 10.9 Å². The fourth-order valence-electron chi connectivity index (χ4n) is 2.91. The average Bonchev–Trinajstić information content (AvgIpc) is 2.55. The van der Waals surface area contributed by atoms with Crippen LogP contribution in [0.1, 0.15) is 19.2 Å². The van der Waals surface area contributed by atoms with Crippen molar-refractivity contribution in [1.82, 2.24) is 14.7 Å². The first kappa shape index (κ1) is 16.3. The Morgan fingerprint density at radius 3 is 2.91 bits per heavy atom. The molecule has 1 fully saturated rings. The van der Waals surface area contributed by atoms with E-state index in [1.54, 1.807) is 7.11 Å². The molecule has 0 amide bonds. The number of benzene rings is 1. The van der Waals surface area contributed by atoms with Crippen LogP contribution in [0.15, 0.2) is 18.2 Å². The summed E-state index contributed by atoms with van der Waals surface area (Å²) in [4.78, 5) is 11.7. The molecule has 124 valence electrons. The van der Waals surface area contributed by atoms with Crippen molar-refractivity contribution in [3.05, 3.63) is 24.0 Å². The van der Waals surface area contributed by atoms with Gasteiger partial charge in [0.15, 0.2) is 0 Å². The third-order valence-electron chi connectivity index (χ3n) is 4.24. The number of nitrogens with two attached hydrogens (primary N) is 1. The van der Waals surface area contributed by atoms with Crippen LogP contribution in [0.2, 0.25) is 0 Å². The molecular weight excluding hydrogens is 310 g/mol. The highest BCUT2D eigenvalue weighted by atomic mass is 32.2. The topological polar surface area (TPSA) is 76.3 Å². The zero-order valence-corrected chi connectivity index (χ0v) is 14.4. The van der Waals surface area contributed by atoms with E-state index in [2.05, 4.69) is 27.6 Å². The highest BCUT2D eigenvalue weighted by Crippen LogP contribution is 2.32. The summed E-state index contributed by atoms with van der Waals surface area (Å²) in [5, 5.41) is 6.47. The summed E-state index contributed by atoms with van der Waals surface area (Å²) >= 11 is 1.19. The number of fused-ring (bicyclic) bond motifs is 1. The van der Waals surface area contributed by atoms with Crippen LogP contribution in [0.3, 0.4) is 0 Å². The molecule has 0 spiro atoms. The lowest BCUT2D eigenvalue weighted by Crippen LogP contribution is -2.48. The summed E-state index contributed by atoms with van der Waals surface area (Å²) in [6.07, 6.45) is 1.97. The largest absolute Gasteiger partial charge is 0.497 e. The molecule has 0 bridgehead atoms. The van der Waals surface area contributed by atoms with E-state index in [0.29, 0.717) is 5.92 Å². The first-order valence-electron chi connectivity index (χ1n) is 7.93. The predicted octanol–water partition coefficient (Wildman–Crippen LogP) is 2.14. The zero-order valence-electron chi connectivity index (χ0n) is 13.6. The Labute approximate surface area is 141 Å². The van der Waals surface area contributed by atoms with E-state index < -0.39 is 0 Å². The summed E-state index contributed by atoms with van der Waals surface area (Å²) in [5.74, 6) is 3.45. The van der Waals surface area contributed by atoms with Gasteiger partial charge >= 0.3 is 0 Å². The molecule has 7 heteroatoms. The number of ether oxygens (including phenoxy) is 1. The van der Waals surface area contributed by atoms with Crippen LogP contribution >= 0.6 is 12.1 Å². The Hall–Kier alpha value is -1.57. The molecule has 3 N–H and O–H groups in total. The lowest BCUT2D eigenvalue weighted by atomic mass is 9.96. The van der Waals surface area contributed by atoms with Gasteiger partial charge in [-0.2, -0.15) is 0 Å². The molecule has 6 nitrogen and oxygen atoms in total. The number of rotatable bonds is 7. The summed E-state index contributed by atoms with van der Waals surface area (Å²) in [6.45, 7) is 5.11. The van der Waals surface area contributed by atoms with E-state index in [9.17, 15) is 0 Å². The quantitative estimate of drug-likeness (QED) is 0.594. The Bertz CT molecular complexity index is 670. The molecule has 1 saturated heterocycles. The number of methoxy groups -OCH3 is 1. The van der Waals surface area contributed by atoms with Crippen molar-refractivity contribution in [2.75, 3.05) is 31.6 Å². The van der Waals surface area contributed by atoms with Crippen molar-refractivity contribution in [3.8, 4) is 5.75 Å². The fourth-order valence-corrected chi connectivity index (χ4v) is 3.15. The number of nitrogens with one attached hydrogen (secondary N) is 1. The average molecular weight is 333 g/mol. The second kappa shape index (κ2) is 7.33. The number of nitrogens with zero attached hydrogens (tertiary/aromatic N) is 3. The van der Waals surface area contributed by atoms with Crippen molar-refractivity contribution in [2.45, 2.75) is 19.8 Å². The molecule has 1 aromatic carbocycles. The van der Waals surface area contributed by atoms with E-state index in [4.69, 9.17) is 14.9 Å². The smallest absolute Gasteiger partial charge is 0.140 e. The molecule has 1 aliphatic heterocycles. The molecule has 0 aliphatic carbocycles. The molecule has 23 heavy (non-hydrogen) atoms. The fraction of sp³-hybridized carbons (Fsp3) is 0.500. The first-order chi connectivity index (χ1) is 11.2. The Morgan fingerprint density at radius 1 is 1.39 bits per heavy atom. The van der Waals surface area contributed by atoms with Gasteiger partial charge in [0.05, 0.1) is 12.6 Å². The maximum atomic E-state index is 5.38. The summed E-state index contributed by atoms with van der Waals surface area (Å²) < 4.78 is 8.41. The number of aryl methyl sites for hydroxylation is 1. The minimum absolute atomic E-state index is 0.697. The lowest BCUT2D eigenvalue weighted by Gasteiger charge is -2.40. The maximum absolute atomic E-state index is 5.38. The van der Waals surface area contributed by atoms with E-state index in [1.807, 2.05) is 12.1 Å². The summed E-state index contributed by atoms with van der Waals surface area (Å²) in [6, 6.07) is 6.02. The Balaban J connectivity index is 1.80. The molecule has 0 saturated carbocycles. The minimum atomic E-state index is 0.697. The van der Waals surface area contributed by atoms with Crippen molar-refractivity contribution in [1.29, 1.82) is 0 Å². The normalized spacial score (nSPS) is 15.0. The summed E-state index contributed by atoms with van der Waals surface area (Å²) in [5.41, 5.74) is 0.954. The molecule has 0 unspecified atom stereocenters. The van der Waals surface area contributed by atoms with Gasteiger partial charge in [0, 0.05) is 49.6 Å². The predicted molar refractivity (Wildman–Crippen MR) is 95.6 cm³/mol. The van der Waals surface area contributed by atoms with E-state index in [-0.39, 0.29) is 0 Å². The van der Waals surface area contributed by atoms with Gasteiger partial charge < -0.3 is 9.64 Å². The molecule has 0 atom stereocenters. The van der Waals surface area contributed by atoms with Crippen molar-refractivity contribution < 1.29 is 4.74 Å². The summed E-state index contributed by atoms with van der Waals surface area (Å²) in [7, 11) is 1.68. The Morgan fingerprint density at radius 2 is 2.22 bits per heavy atom. The van der Waals surface area contributed by atoms with E-state index >= 15 is 0 Å². The van der Waals surface area contributed by atoms with Crippen molar-refractivity contribution in [2.24, 2.45) is 11.1 Å². The second-order valence-corrected chi connectivity index (χ2v) is 6.30.